The zero-order valence-corrected chi connectivity index (χ0v) is 8.88. The number of rotatable bonds is 3. The normalized spacial score (nSPS) is 9.87. The van der Waals surface area contributed by atoms with Crippen LogP contribution in [0.4, 0.5) is 5.69 Å². The van der Waals surface area contributed by atoms with Gasteiger partial charge in [-0.2, -0.15) is 13.4 Å². The molecule has 0 aliphatic carbocycles. The SMILES string of the molecule is O=C=NS(=O)(=O)c1cccc(N=C=S)c1. The first-order valence-electron chi connectivity index (χ1n) is 3.62. The highest BCUT2D eigenvalue weighted by Crippen LogP contribution is 2.18. The fraction of sp³-hybridized carbons (Fsp3) is 0. The Labute approximate surface area is 91.2 Å². The van der Waals surface area contributed by atoms with Gasteiger partial charge in [0.2, 0.25) is 0 Å². The van der Waals surface area contributed by atoms with Crippen molar-refractivity contribution in [3.8, 4) is 0 Å². The van der Waals surface area contributed by atoms with Crippen LogP contribution in [0, 0.1) is 0 Å². The molecule has 1 aromatic carbocycles. The van der Waals surface area contributed by atoms with Crippen molar-refractivity contribution in [3.63, 3.8) is 0 Å². The minimum Gasteiger partial charge on any atom is -0.210 e. The maximum Gasteiger partial charge on any atom is 0.292 e. The van der Waals surface area contributed by atoms with Crippen molar-refractivity contribution in [3.05, 3.63) is 24.3 Å². The Balaban J connectivity index is 3.34. The van der Waals surface area contributed by atoms with Crippen LogP contribution >= 0.6 is 12.2 Å². The molecule has 7 heteroatoms. The second kappa shape index (κ2) is 4.72. The molecule has 0 aliphatic heterocycles. The molecule has 0 amide bonds. The molecule has 0 aliphatic rings. The molecule has 0 aromatic heterocycles. The van der Waals surface area contributed by atoms with Gasteiger partial charge in [0.15, 0.2) is 0 Å². The van der Waals surface area contributed by atoms with Crippen molar-refractivity contribution in [1.29, 1.82) is 0 Å². The van der Waals surface area contributed by atoms with Gasteiger partial charge in [-0.15, -0.1) is 0 Å². The summed E-state index contributed by atoms with van der Waals surface area (Å²) in [7, 11) is -3.97. The van der Waals surface area contributed by atoms with Crippen LogP contribution in [0.25, 0.3) is 0 Å². The minimum atomic E-state index is -3.97. The predicted molar refractivity (Wildman–Crippen MR) is 56.4 cm³/mol. The average molecular weight is 240 g/mol. The summed E-state index contributed by atoms with van der Waals surface area (Å²) >= 11 is 4.37. The lowest BCUT2D eigenvalue weighted by atomic mass is 10.3. The van der Waals surface area contributed by atoms with E-state index in [0.29, 0.717) is 5.69 Å². The Kier molecular flexibility index (Phi) is 3.60. The number of aliphatic imine (C=N–C) groups is 1. The maximum atomic E-state index is 11.3. The zero-order chi connectivity index (χ0) is 11.3. The number of hydrogen-bond acceptors (Lipinski definition) is 5. The van der Waals surface area contributed by atoms with E-state index in [9.17, 15) is 13.2 Å². The Hall–Kier alpha value is -1.65. The van der Waals surface area contributed by atoms with Crippen molar-refractivity contribution >= 4 is 39.2 Å². The van der Waals surface area contributed by atoms with E-state index in [1.807, 2.05) is 0 Å². The summed E-state index contributed by atoms with van der Waals surface area (Å²) in [5, 5.41) is 2.10. The van der Waals surface area contributed by atoms with Crippen LogP contribution in [-0.2, 0) is 14.8 Å². The van der Waals surface area contributed by atoms with E-state index in [1.54, 1.807) is 6.07 Å². The molecular formula is C8H4N2O3S2. The van der Waals surface area contributed by atoms with E-state index in [1.165, 1.54) is 18.2 Å². The lowest BCUT2D eigenvalue weighted by Crippen LogP contribution is -1.95. The molecule has 0 heterocycles. The first-order chi connectivity index (χ1) is 7.10. The van der Waals surface area contributed by atoms with Crippen molar-refractivity contribution < 1.29 is 13.2 Å². The van der Waals surface area contributed by atoms with E-state index < -0.39 is 10.0 Å². The molecule has 1 rings (SSSR count). The van der Waals surface area contributed by atoms with Crippen molar-refractivity contribution in [1.82, 2.24) is 0 Å². The van der Waals surface area contributed by atoms with E-state index in [-0.39, 0.29) is 4.90 Å². The van der Waals surface area contributed by atoms with Crippen LogP contribution in [-0.4, -0.2) is 19.7 Å². The second-order valence-corrected chi connectivity index (χ2v) is 4.14. The number of sulfonamides is 1. The van der Waals surface area contributed by atoms with Crippen LogP contribution in [0.2, 0.25) is 0 Å². The van der Waals surface area contributed by atoms with Crippen molar-refractivity contribution in [2.75, 3.05) is 0 Å². The van der Waals surface area contributed by atoms with Gasteiger partial charge in [-0.3, -0.25) is 0 Å². The number of isocyanates is 1. The Morgan fingerprint density at radius 2 is 2.07 bits per heavy atom. The van der Waals surface area contributed by atoms with Gasteiger partial charge in [-0.25, -0.2) is 4.79 Å². The van der Waals surface area contributed by atoms with Crippen LogP contribution in [0.15, 0.2) is 38.6 Å². The molecule has 0 N–H and O–H groups in total. The molecule has 0 atom stereocenters. The molecule has 0 unspecified atom stereocenters. The fourth-order valence-electron chi connectivity index (χ4n) is 0.868. The Morgan fingerprint density at radius 1 is 1.33 bits per heavy atom. The monoisotopic (exact) mass is 240 g/mol. The third kappa shape index (κ3) is 2.90. The molecule has 0 radical (unpaired) electrons. The quantitative estimate of drug-likeness (QED) is 0.455. The van der Waals surface area contributed by atoms with Gasteiger partial charge in [0, 0.05) is 0 Å². The van der Waals surface area contributed by atoms with Crippen LogP contribution in [0.1, 0.15) is 0 Å². The highest BCUT2D eigenvalue weighted by Gasteiger charge is 2.12. The predicted octanol–water partition coefficient (Wildman–Crippen LogP) is 1.45. The molecule has 0 spiro atoms. The third-order valence-corrected chi connectivity index (χ3v) is 2.70. The van der Waals surface area contributed by atoms with Crippen molar-refractivity contribution in [2.45, 2.75) is 4.90 Å². The summed E-state index contributed by atoms with van der Waals surface area (Å²) in [5.41, 5.74) is 0.326. The van der Waals surface area contributed by atoms with Crippen LogP contribution < -0.4 is 0 Å². The molecule has 76 valence electrons. The number of nitrogens with zero attached hydrogens (tertiary/aromatic N) is 2. The molecule has 0 bridgehead atoms. The highest BCUT2D eigenvalue weighted by molar-refractivity contribution is 7.90. The van der Waals surface area contributed by atoms with Gasteiger partial charge in [-0.05, 0) is 30.4 Å². The summed E-state index contributed by atoms with van der Waals surface area (Å²) in [6.45, 7) is 0. The smallest absolute Gasteiger partial charge is 0.210 e. The molecule has 1 aromatic rings. The summed E-state index contributed by atoms with van der Waals surface area (Å²) in [6.07, 6.45) is 0.978. The van der Waals surface area contributed by atoms with Gasteiger partial charge < -0.3 is 0 Å². The number of carbonyl (C=O) groups excluding carboxylic acids is 1. The zero-order valence-electron chi connectivity index (χ0n) is 7.25. The number of hydrogen-bond donors (Lipinski definition) is 0. The highest BCUT2D eigenvalue weighted by atomic mass is 32.2. The first kappa shape index (κ1) is 11.4. The summed E-state index contributed by atoms with van der Waals surface area (Å²) in [5.74, 6) is 0. The minimum absolute atomic E-state index is 0.141. The van der Waals surface area contributed by atoms with E-state index >= 15 is 0 Å². The van der Waals surface area contributed by atoms with Gasteiger partial charge in [0.05, 0.1) is 15.7 Å². The maximum absolute atomic E-state index is 11.3. The summed E-state index contributed by atoms with van der Waals surface area (Å²) < 4.78 is 25.2. The van der Waals surface area contributed by atoms with Crippen LogP contribution in [0.5, 0.6) is 0 Å². The first-order valence-corrected chi connectivity index (χ1v) is 5.47. The van der Waals surface area contributed by atoms with Gasteiger partial charge in [0.1, 0.15) is 0 Å². The molecule has 0 saturated carbocycles. The largest absolute Gasteiger partial charge is 0.292 e. The van der Waals surface area contributed by atoms with Gasteiger partial charge >= 0.3 is 0 Å². The molecule has 15 heavy (non-hydrogen) atoms. The molecular weight excluding hydrogens is 236 g/mol. The summed E-state index contributed by atoms with van der Waals surface area (Å²) in [4.78, 5) is 13.3. The van der Waals surface area contributed by atoms with E-state index in [4.69, 9.17) is 0 Å². The van der Waals surface area contributed by atoms with Gasteiger partial charge in [-0.1, -0.05) is 10.5 Å². The summed E-state index contributed by atoms with van der Waals surface area (Å²) in [6, 6.07) is 5.52. The number of thiocarbonyl (C=S) groups is 1. The van der Waals surface area contributed by atoms with E-state index in [0.717, 1.165) is 6.08 Å². The Bertz CT molecular complexity index is 567. The van der Waals surface area contributed by atoms with E-state index in [2.05, 4.69) is 26.8 Å². The Morgan fingerprint density at radius 3 is 2.67 bits per heavy atom. The number of isothiocyanates is 1. The molecule has 5 nitrogen and oxygen atoms in total. The fourth-order valence-corrected chi connectivity index (χ4v) is 1.70. The second-order valence-electron chi connectivity index (χ2n) is 2.36. The topological polar surface area (TPSA) is 75.9 Å². The molecule has 0 fully saturated rings. The van der Waals surface area contributed by atoms with Crippen molar-refractivity contribution in [2.24, 2.45) is 9.39 Å². The molecule has 0 saturated heterocycles. The number of benzene rings is 1. The standard InChI is InChI=1S/C8H4N2O3S2/c11-5-10-15(12,13)8-3-1-2-7(4-8)9-6-14/h1-4H. The van der Waals surface area contributed by atoms with Gasteiger partial charge in [0.25, 0.3) is 16.1 Å². The average Bonchev–Trinajstić information content (AvgIpc) is 2.19. The lowest BCUT2D eigenvalue weighted by Gasteiger charge is -1.96. The van der Waals surface area contributed by atoms with Crippen LogP contribution in [0.3, 0.4) is 0 Å². The third-order valence-electron chi connectivity index (χ3n) is 1.45. The lowest BCUT2D eigenvalue weighted by molar-refractivity contribution is 0.563.